The quantitative estimate of drug-likeness (QED) is 0.379. The number of hydrogen-bond donors (Lipinski definition) is 0. The summed E-state index contributed by atoms with van der Waals surface area (Å²) < 4.78 is 0. The second-order valence-corrected chi connectivity index (χ2v) is 0.962. The third kappa shape index (κ3) is 1.63. The molecule has 1 aliphatic carbocycles. The van der Waals surface area contributed by atoms with E-state index in [1.807, 2.05) is 30.7 Å². The molecule has 1 rings (SSSR count). The first-order valence-corrected chi connectivity index (χ1v) is 1.67. The molecule has 0 nitrogen and oxygen atoms in total. The Morgan fingerprint density at radius 2 is 1.17 bits per heavy atom. The van der Waals surface area contributed by atoms with Crippen molar-refractivity contribution in [1.29, 1.82) is 0 Å². The van der Waals surface area contributed by atoms with Crippen LogP contribution >= 0.6 is 0 Å². The average Bonchev–Trinajstić information content (AvgIpc) is 1.76. The normalized spacial score (nSPS) is 14.7. The molecule has 0 aromatic carbocycles. The molecule has 0 fully saturated rings. The summed E-state index contributed by atoms with van der Waals surface area (Å²) in [5, 5.41) is 0. The van der Waals surface area contributed by atoms with Crippen LogP contribution in [0.25, 0.3) is 0 Å². The van der Waals surface area contributed by atoms with Crippen LogP contribution in [0.2, 0.25) is 0 Å². The highest BCUT2D eigenvalue weighted by Crippen LogP contribution is 1.91. The van der Waals surface area contributed by atoms with E-state index in [2.05, 4.69) is 0 Å². The molecule has 0 saturated carbocycles. The highest BCUT2D eigenvalue weighted by Gasteiger charge is 1.72. The van der Waals surface area contributed by atoms with Crippen molar-refractivity contribution in [3.05, 3.63) is 30.7 Å². The van der Waals surface area contributed by atoms with Gasteiger partial charge in [-0.05, 0) is 0 Å². The summed E-state index contributed by atoms with van der Waals surface area (Å²) >= 11 is 0. The third-order valence-corrected chi connectivity index (χ3v) is 0.556. The summed E-state index contributed by atoms with van der Waals surface area (Å²) in [5.74, 6) is 0. The average molecular weight is 91.4 g/mol. The molecule has 0 N–H and O–H groups in total. The molecule has 0 bridgehead atoms. The molecule has 6 heavy (non-hydrogen) atoms. The summed E-state index contributed by atoms with van der Waals surface area (Å²) in [7, 11) is 0. The Labute approximate surface area is 54.1 Å². The highest BCUT2D eigenvalue weighted by atomic mass is 24.3. The van der Waals surface area contributed by atoms with E-state index in [0.29, 0.717) is 0 Å². The van der Waals surface area contributed by atoms with Crippen LogP contribution in [0.1, 0.15) is 0 Å². The van der Waals surface area contributed by atoms with Crippen molar-refractivity contribution >= 4 is 23.1 Å². The van der Waals surface area contributed by atoms with Crippen LogP contribution in [-0.2, 0) is 0 Å². The molecule has 0 aromatic heterocycles. The zero-order valence-electron chi connectivity index (χ0n) is 2.89. The Morgan fingerprint density at radius 3 is 1.33 bits per heavy atom. The fraction of sp³-hybridized carbons (Fsp3) is 0. The number of allylic oxidation sites excluding steroid dienone is 4. The molecule has 1 aliphatic rings. The Kier molecular flexibility index (Phi) is 3.58. The summed E-state index contributed by atoms with van der Waals surface area (Å²) in [6.45, 7) is 0. The van der Waals surface area contributed by atoms with E-state index < -0.39 is 0 Å². The fourth-order valence-electron chi connectivity index (χ4n) is 0.321. The first kappa shape index (κ1) is 6.25. The van der Waals surface area contributed by atoms with E-state index >= 15 is 0 Å². The molecule has 0 atom stereocenters. The lowest BCUT2D eigenvalue weighted by Gasteiger charge is -1.56. The molecule has 0 heterocycles. The molecule has 0 spiro atoms. The molecular formula is C5H7Mg. The second-order valence-electron chi connectivity index (χ2n) is 0.962. The second kappa shape index (κ2) is 3.44. The van der Waals surface area contributed by atoms with Gasteiger partial charge in [0.05, 0.1) is 0 Å². The van der Waals surface area contributed by atoms with Crippen molar-refractivity contribution < 1.29 is 0 Å². The fourth-order valence-corrected chi connectivity index (χ4v) is 0.321. The van der Waals surface area contributed by atoms with E-state index in [1.54, 1.807) is 0 Å². The molecule has 0 aromatic rings. The summed E-state index contributed by atoms with van der Waals surface area (Å²) in [4.78, 5) is 0. The van der Waals surface area contributed by atoms with Gasteiger partial charge in [-0.3, -0.25) is 0 Å². The van der Waals surface area contributed by atoms with Crippen molar-refractivity contribution in [3.8, 4) is 0 Å². The van der Waals surface area contributed by atoms with Crippen LogP contribution in [0, 0.1) is 6.42 Å². The molecule has 1 radical (unpaired) electrons. The lowest BCUT2D eigenvalue weighted by molar-refractivity contribution is 1.87. The lowest BCUT2D eigenvalue weighted by Crippen LogP contribution is -1.39. The summed E-state index contributed by atoms with van der Waals surface area (Å²) in [6, 6.07) is 0. The number of hydrogen-bond acceptors (Lipinski definition) is 0. The Balaban J connectivity index is 0.000000250. The first-order chi connectivity index (χ1) is 2.50. The van der Waals surface area contributed by atoms with E-state index in [1.165, 1.54) is 0 Å². The maximum absolute atomic E-state index is 2.00. The Bertz CT molecular complexity index is 62.0. The van der Waals surface area contributed by atoms with Crippen LogP contribution < -0.4 is 0 Å². The summed E-state index contributed by atoms with van der Waals surface area (Å²) in [6.07, 6.45) is 10.0. The first-order valence-electron chi connectivity index (χ1n) is 1.67. The van der Waals surface area contributed by atoms with Gasteiger partial charge in [-0.1, -0.05) is 24.3 Å². The van der Waals surface area contributed by atoms with Gasteiger partial charge in [0, 0.05) is 6.42 Å². The third-order valence-electron chi connectivity index (χ3n) is 0.556. The zero-order chi connectivity index (χ0) is 3.54. The largest absolute Gasteiger partial charge is 0.316 e. The van der Waals surface area contributed by atoms with Crippen molar-refractivity contribution in [2.45, 2.75) is 0 Å². The molecule has 0 aliphatic heterocycles. The molecule has 29 valence electrons. The van der Waals surface area contributed by atoms with Crippen LogP contribution in [0.5, 0.6) is 0 Å². The maximum Gasteiger partial charge on any atom is 0.316 e. The summed E-state index contributed by atoms with van der Waals surface area (Å²) in [5.41, 5.74) is 0. The zero-order valence-corrected chi connectivity index (χ0v) is 2.89. The topological polar surface area (TPSA) is 0 Å². The van der Waals surface area contributed by atoms with Gasteiger partial charge in [0.2, 0.25) is 0 Å². The predicted molar refractivity (Wildman–Crippen MR) is 31.1 cm³/mol. The Morgan fingerprint density at radius 1 is 0.667 bits per heavy atom. The highest BCUT2D eigenvalue weighted by molar-refractivity contribution is 5.75. The van der Waals surface area contributed by atoms with Crippen LogP contribution in [0.4, 0.5) is 0 Å². The van der Waals surface area contributed by atoms with Crippen molar-refractivity contribution in [3.63, 3.8) is 0 Å². The van der Waals surface area contributed by atoms with Gasteiger partial charge < -0.3 is 0 Å². The van der Waals surface area contributed by atoms with Crippen LogP contribution in [-0.4, -0.2) is 23.1 Å². The lowest BCUT2D eigenvalue weighted by atomic mass is 10.5. The standard InChI is InChI=1S/C5H5.Mg.2H/c1-2-4-5-3-1;;;/h1-5H;;;. The van der Waals surface area contributed by atoms with Crippen molar-refractivity contribution in [2.24, 2.45) is 0 Å². The van der Waals surface area contributed by atoms with Crippen molar-refractivity contribution in [1.82, 2.24) is 0 Å². The van der Waals surface area contributed by atoms with Gasteiger partial charge in [0.1, 0.15) is 0 Å². The van der Waals surface area contributed by atoms with E-state index in [0.717, 1.165) is 0 Å². The molecule has 0 amide bonds. The monoisotopic (exact) mass is 91.0 g/mol. The van der Waals surface area contributed by atoms with E-state index in [-0.39, 0.29) is 23.1 Å². The molecular weight excluding hydrogens is 84.4 g/mol. The smallest absolute Gasteiger partial charge is 0.0767 e. The van der Waals surface area contributed by atoms with Gasteiger partial charge in [0.25, 0.3) is 0 Å². The molecule has 1 heteroatoms. The van der Waals surface area contributed by atoms with Gasteiger partial charge in [-0.15, -0.1) is 0 Å². The molecule has 0 unspecified atom stereocenters. The van der Waals surface area contributed by atoms with E-state index in [9.17, 15) is 0 Å². The van der Waals surface area contributed by atoms with Crippen LogP contribution in [0.3, 0.4) is 0 Å². The van der Waals surface area contributed by atoms with E-state index in [4.69, 9.17) is 0 Å². The predicted octanol–water partition coefficient (Wildman–Crippen LogP) is 0.400. The SMILES string of the molecule is [CH]1C=CC=C1.[MgH2]. The van der Waals surface area contributed by atoms with Gasteiger partial charge >= 0.3 is 23.1 Å². The number of rotatable bonds is 0. The Hall–Kier alpha value is 0.246. The van der Waals surface area contributed by atoms with Crippen LogP contribution in [0.15, 0.2) is 24.3 Å². The minimum atomic E-state index is 0. The van der Waals surface area contributed by atoms with Gasteiger partial charge in [-0.25, -0.2) is 0 Å². The minimum absolute atomic E-state index is 0. The minimum Gasteiger partial charge on any atom is -0.0767 e. The van der Waals surface area contributed by atoms with Gasteiger partial charge in [-0.2, -0.15) is 0 Å². The maximum atomic E-state index is 2.00. The van der Waals surface area contributed by atoms with Crippen molar-refractivity contribution in [2.75, 3.05) is 0 Å². The van der Waals surface area contributed by atoms with Gasteiger partial charge in [0.15, 0.2) is 0 Å². The molecule has 0 saturated heterocycles.